The highest BCUT2D eigenvalue weighted by atomic mass is 15.2. The highest BCUT2D eigenvalue weighted by molar-refractivity contribution is 5.63. The minimum atomic E-state index is 0.212. The smallest absolute Gasteiger partial charge is 0.0409 e. The maximum absolute atomic E-state index is 2.52. The van der Waals surface area contributed by atoms with Crippen LogP contribution in [0.3, 0.4) is 0 Å². The van der Waals surface area contributed by atoms with Gasteiger partial charge >= 0.3 is 0 Å². The predicted octanol–water partition coefficient (Wildman–Crippen LogP) is 3.58. The molecule has 0 atom stereocenters. The Labute approximate surface area is 93.1 Å². The molecule has 0 saturated carbocycles. The second-order valence-electron chi connectivity index (χ2n) is 6.16. The molecule has 15 heavy (non-hydrogen) atoms. The van der Waals surface area contributed by atoms with Gasteiger partial charge in [-0.3, -0.25) is 0 Å². The van der Waals surface area contributed by atoms with Gasteiger partial charge in [-0.2, -0.15) is 0 Å². The third kappa shape index (κ3) is 1.64. The molecule has 0 bridgehead atoms. The molecular formula is C14H21N. The fourth-order valence-corrected chi connectivity index (χ4v) is 2.45. The number of fused-ring (bicyclic) bond motifs is 1. The molecule has 0 amide bonds. The van der Waals surface area contributed by atoms with Crippen LogP contribution in [0.25, 0.3) is 0 Å². The Morgan fingerprint density at radius 2 is 1.73 bits per heavy atom. The Morgan fingerprint density at radius 1 is 1.13 bits per heavy atom. The molecule has 1 aromatic rings. The average Bonchev–Trinajstić information content (AvgIpc) is 2.39. The number of hydrogen-bond acceptors (Lipinski definition) is 1. The van der Waals surface area contributed by atoms with Crippen molar-refractivity contribution in [2.45, 2.75) is 45.6 Å². The van der Waals surface area contributed by atoms with Gasteiger partial charge in [0.25, 0.3) is 0 Å². The monoisotopic (exact) mass is 203 g/mol. The summed E-state index contributed by atoms with van der Waals surface area (Å²) in [6, 6.07) is 8.79. The highest BCUT2D eigenvalue weighted by Gasteiger charge is 2.38. The zero-order valence-electron chi connectivity index (χ0n) is 10.5. The molecule has 0 radical (unpaired) electrons. The van der Waals surface area contributed by atoms with E-state index in [0.717, 1.165) is 6.54 Å². The Kier molecular flexibility index (Phi) is 2.11. The van der Waals surface area contributed by atoms with Crippen LogP contribution in [0.5, 0.6) is 0 Å². The Morgan fingerprint density at radius 3 is 2.33 bits per heavy atom. The molecule has 0 saturated heterocycles. The van der Waals surface area contributed by atoms with Crippen LogP contribution in [0, 0.1) is 0 Å². The largest absolute Gasteiger partial charge is 0.366 e. The number of rotatable bonds is 0. The lowest BCUT2D eigenvalue weighted by molar-refractivity contribution is 0.459. The number of hydrogen-bond donors (Lipinski definition) is 0. The van der Waals surface area contributed by atoms with Crippen LogP contribution >= 0.6 is 0 Å². The van der Waals surface area contributed by atoms with Crippen molar-refractivity contribution in [1.82, 2.24) is 0 Å². The molecule has 0 fully saturated rings. The normalized spacial score (nSPS) is 19.1. The molecule has 0 aliphatic carbocycles. The number of benzene rings is 1. The van der Waals surface area contributed by atoms with Gasteiger partial charge in [-0.25, -0.2) is 0 Å². The van der Waals surface area contributed by atoms with Gasteiger partial charge < -0.3 is 4.90 Å². The van der Waals surface area contributed by atoms with E-state index >= 15 is 0 Å². The van der Waals surface area contributed by atoms with Gasteiger partial charge in [-0.1, -0.05) is 32.0 Å². The van der Waals surface area contributed by atoms with Crippen LogP contribution in [0.1, 0.15) is 40.2 Å². The third-order valence-electron chi connectivity index (χ3n) is 3.29. The van der Waals surface area contributed by atoms with Crippen molar-refractivity contribution in [1.29, 1.82) is 0 Å². The summed E-state index contributed by atoms with van der Waals surface area (Å²) in [6.07, 6.45) is 0. The molecule has 2 rings (SSSR count). The minimum Gasteiger partial charge on any atom is -0.366 e. The summed E-state index contributed by atoms with van der Waals surface area (Å²) in [5.74, 6) is 0. The van der Waals surface area contributed by atoms with Crippen LogP contribution in [0.2, 0.25) is 0 Å². The summed E-state index contributed by atoms with van der Waals surface area (Å²) in [5, 5.41) is 0. The third-order valence-corrected chi connectivity index (χ3v) is 3.29. The van der Waals surface area contributed by atoms with E-state index in [9.17, 15) is 0 Å². The Hall–Kier alpha value is -0.980. The van der Waals surface area contributed by atoms with E-state index in [4.69, 9.17) is 0 Å². The molecule has 1 aliphatic heterocycles. The van der Waals surface area contributed by atoms with Gasteiger partial charge in [-0.05, 0) is 32.4 Å². The summed E-state index contributed by atoms with van der Waals surface area (Å²) in [5.41, 5.74) is 3.39. The molecule has 1 aliphatic rings. The van der Waals surface area contributed by atoms with Crippen LogP contribution in [0.4, 0.5) is 5.69 Å². The average molecular weight is 203 g/mol. The number of anilines is 1. The zero-order chi connectivity index (χ0) is 11.3. The van der Waals surface area contributed by atoms with E-state index in [1.807, 2.05) is 0 Å². The fourth-order valence-electron chi connectivity index (χ4n) is 2.45. The molecule has 1 nitrogen and oxygen atoms in total. The Bertz CT molecular complexity index is 371. The van der Waals surface area contributed by atoms with E-state index in [2.05, 4.69) is 63.8 Å². The summed E-state index contributed by atoms with van der Waals surface area (Å²) in [4.78, 5) is 2.52. The zero-order valence-corrected chi connectivity index (χ0v) is 10.5. The fraction of sp³-hybridized carbons (Fsp3) is 0.571. The quantitative estimate of drug-likeness (QED) is 0.623. The van der Waals surface area contributed by atoms with Crippen molar-refractivity contribution in [3.05, 3.63) is 29.8 Å². The summed E-state index contributed by atoms with van der Waals surface area (Å²) >= 11 is 0. The van der Waals surface area contributed by atoms with Gasteiger partial charge in [0, 0.05) is 23.2 Å². The SMILES string of the molecule is CC1(C)CN(C(C)(C)C)c2ccccc21. The topological polar surface area (TPSA) is 3.24 Å². The highest BCUT2D eigenvalue weighted by Crippen LogP contribution is 2.43. The second-order valence-corrected chi connectivity index (χ2v) is 6.16. The van der Waals surface area contributed by atoms with Crippen LogP contribution in [-0.2, 0) is 5.41 Å². The molecule has 0 N–H and O–H groups in total. The first-order valence-corrected chi connectivity index (χ1v) is 5.69. The van der Waals surface area contributed by atoms with Gasteiger partial charge in [0.1, 0.15) is 0 Å². The number of nitrogens with zero attached hydrogens (tertiary/aromatic N) is 1. The van der Waals surface area contributed by atoms with Crippen LogP contribution in [-0.4, -0.2) is 12.1 Å². The maximum Gasteiger partial charge on any atom is 0.0409 e. The molecule has 82 valence electrons. The van der Waals surface area contributed by atoms with Gasteiger partial charge in [0.2, 0.25) is 0 Å². The van der Waals surface area contributed by atoms with Crippen LogP contribution in [0.15, 0.2) is 24.3 Å². The van der Waals surface area contributed by atoms with Crippen molar-refractivity contribution in [3.8, 4) is 0 Å². The molecule has 1 heterocycles. The minimum absolute atomic E-state index is 0.212. The second kappa shape index (κ2) is 3.01. The van der Waals surface area contributed by atoms with E-state index in [1.54, 1.807) is 0 Å². The predicted molar refractivity (Wildman–Crippen MR) is 66.6 cm³/mol. The lowest BCUT2D eigenvalue weighted by atomic mass is 9.87. The summed E-state index contributed by atoms with van der Waals surface area (Å²) in [7, 11) is 0. The lowest BCUT2D eigenvalue weighted by Gasteiger charge is -2.35. The van der Waals surface area contributed by atoms with Gasteiger partial charge in [0.15, 0.2) is 0 Å². The van der Waals surface area contributed by atoms with Crippen molar-refractivity contribution >= 4 is 5.69 Å². The molecule has 1 heteroatoms. The first kappa shape index (κ1) is 10.5. The van der Waals surface area contributed by atoms with E-state index < -0.39 is 0 Å². The van der Waals surface area contributed by atoms with Crippen molar-refractivity contribution < 1.29 is 0 Å². The standard InChI is InChI=1S/C14H21N/c1-13(2,3)15-10-14(4,5)11-8-6-7-9-12(11)15/h6-9H,10H2,1-5H3. The first-order chi connectivity index (χ1) is 6.82. The van der Waals surface area contributed by atoms with Crippen LogP contribution < -0.4 is 4.90 Å². The first-order valence-electron chi connectivity index (χ1n) is 5.69. The van der Waals surface area contributed by atoms with E-state index in [-0.39, 0.29) is 11.0 Å². The molecule has 0 unspecified atom stereocenters. The molecular weight excluding hydrogens is 182 g/mol. The van der Waals surface area contributed by atoms with Crippen molar-refractivity contribution in [3.63, 3.8) is 0 Å². The summed E-state index contributed by atoms with van der Waals surface area (Å²) < 4.78 is 0. The van der Waals surface area contributed by atoms with E-state index in [1.165, 1.54) is 11.3 Å². The van der Waals surface area contributed by atoms with Crippen molar-refractivity contribution in [2.75, 3.05) is 11.4 Å². The van der Waals surface area contributed by atoms with E-state index in [0.29, 0.717) is 0 Å². The number of para-hydroxylation sites is 1. The molecule has 0 aromatic heterocycles. The summed E-state index contributed by atoms with van der Waals surface area (Å²) in [6.45, 7) is 12.6. The van der Waals surface area contributed by atoms with Gasteiger partial charge in [0.05, 0.1) is 0 Å². The molecule has 0 spiro atoms. The molecule has 1 aromatic carbocycles. The van der Waals surface area contributed by atoms with Gasteiger partial charge in [-0.15, -0.1) is 0 Å². The van der Waals surface area contributed by atoms with Crippen molar-refractivity contribution in [2.24, 2.45) is 0 Å². The Balaban J connectivity index is 2.52. The lowest BCUT2D eigenvalue weighted by Crippen LogP contribution is -2.42. The maximum atomic E-state index is 2.52.